The molecule has 0 heterocycles. The second kappa shape index (κ2) is 6.72. The number of carbonyl (C=O) groups is 3. The first-order valence-electron chi connectivity index (χ1n) is 5.30. The second-order valence-corrected chi connectivity index (χ2v) is 4.05. The Morgan fingerprint density at radius 1 is 1.35 bits per heavy atom. The van der Waals surface area contributed by atoms with Gasteiger partial charge in [-0.25, -0.2) is 9.59 Å². The van der Waals surface area contributed by atoms with Crippen molar-refractivity contribution in [3.05, 3.63) is 0 Å². The zero-order valence-corrected chi connectivity index (χ0v) is 10.3. The average Bonchev–Trinajstić information content (AvgIpc) is 2.21. The van der Waals surface area contributed by atoms with E-state index in [1.54, 1.807) is 20.9 Å². The predicted molar refractivity (Wildman–Crippen MR) is 61.3 cm³/mol. The molecule has 0 saturated carbocycles. The molecule has 98 valence electrons. The summed E-state index contributed by atoms with van der Waals surface area (Å²) in [4.78, 5) is 34.4. The van der Waals surface area contributed by atoms with Crippen LogP contribution in [0.2, 0.25) is 0 Å². The van der Waals surface area contributed by atoms with Crippen molar-refractivity contribution < 1.29 is 19.5 Å². The number of carbonyl (C=O) groups excluding carboxylic acids is 2. The van der Waals surface area contributed by atoms with Gasteiger partial charge in [-0.05, 0) is 20.3 Å². The SMILES string of the molecule is CC(C)N(C)C(=O)N[C@@H](CCC(N)=O)C(=O)O. The van der Waals surface area contributed by atoms with Crippen LogP contribution in [0.5, 0.6) is 0 Å². The van der Waals surface area contributed by atoms with Gasteiger partial charge in [0.1, 0.15) is 6.04 Å². The summed E-state index contributed by atoms with van der Waals surface area (Å²) in [6.07, 6.45) is -0.0923. The molecule has 0 bridgehead atoms. The Hall–Kier alpha value is -1.79. The summed E-state index contributed by atoms with van der Waals surface area (Å²) in [6.45, 7) is 3.61. The average molecular weight is 245 g/mol. The number of aliphatic carboxylic acids is 1. The third kappa shape index (κ3) is 5.74. The Balaban J connectivity index is 4.39. The maximum absolute atomic E-state index is 11.6. The van der Waals surface area contributed by atoms with Crippen LogP contribution in [0, 0.1) is 0 Å². The third-order valence-electron chi connectivity index (χ3n) is 2.37. The van der Waals surface area contributed by atoms with E-state index < -0.39 is 23.9 Å². The van der Waals surface area contributed by atoms with Crippen LogP contribution >= 0.6 is 0 Å². The van der Waals surface area contributed by atoms with Crippen LogP contribution in [0.25, 0.3) is 0 Å². The molecule has 0 aromatic rings. The lowest BCUT2D eigenvalue weighted by atomic mass is 10.1. The highest BCUT2D eigenvalue weighted by Gasteiger charge is 2.22. The molecule has 7 nitrogen and oxygen atoms in total. The Morgan fingerprint density at radius 2 is 1.88 bits per heavy atom. The van der Waals surface area contributed by atoms with Crippen molar-refractivity contribution in [3.8, 4) is 0 Å². The van der Waals surface area contributed by atoms with Gasteiger partial charge in [0.25, 0.3) is 0 Å². The molecule has 1 atom stereocenters. The lowest BCUT2D eigenvalue weighted by Gasteiger charge is -2.24. The van der Waals surface area contributed by atoms with Crippen LogP contribution in [-0.4, -0.2) is 47.0 Å². The van der Waals surface area contributed by atoms with Crippen molar-refractivity contribution in [1.29, 1.82) is 0 Å². The number of hydrogen-bond acceptors (Lipinski definition) is 3. The molecule has 3 amide bonds. The van der Waals surface area contributed by atoms with Crippen molar-refractivity contribution in [2.24, 2.45) is 5.73 Å². The van der Waals surface area contributed by atoms with Crippen LogP contribution in [0.3, 0.4) is 0 Å². The summed E-state index contributed by atoms with van der Waals surface area (Å²) in [7, 11) is 1.56. The number of carboxylic acids is 1. The molecule has 0 aliphatic carbocycles. The van der Waals surface area contributed by atoms with E-state index >= 15 is 0 Å². The Morgan fingerprint density at radius 3 is 2.24 bits per heavy atom. The summed E-state index contributed by atoms with van der Waals surface area (Å²) < 4.78 is 0. The normalized spacial score (nSPS) is 12.0. The zero-order chi connectivity index (χ0) is 13.6. The van der Waals surface area contributed by atoms with Crippen LogP contribution < -0.4 is 11.1 Å². The van der Waals surface area contributed by atoms with Crippen molar-refractivity contribution in [2.45, 2.75) is 38.8 Å². The lowest BCUT2D eigenvalue weighted by Crippen LogP contribution is -2.48. The van der Waals surface area contributed by atoms with Gasteiger partial charge in [0.15, 0.2) is 0 Å². The summed E-state index contributed by atoms with van der Waals surface area (Å²) >= 11 is 0. The zero-order valence-electron chi connectivity index (χ0n) is 10.3. The van der Waals surface area contributed by atoms with Gasteiger partial charge >= 0.3 is 12.0 Å². The molecule has 0 unspecified atom stereocenters. The number of urea groups is 1. The minimum Gasteiger partial charge on any atom is -0.480 e. The maximum Gasteiger partial charge on any atom is 0.326 e. The van der Waals surface area contributed by atoms with E-state index in [4.69, 9.17) is 10.8 Å². The number of nitrogens with one attached hydrogen (secondary N) is 1. The van der Waals surface area contributed by atoms with E-state index in [0.29, 0.717) is 0 Å². The van der Waals surface area contributed by atoms with Gasteiger partial charge < -0.3 is 21.1 Å². The van der Waals surface area contributed by atoms with Gasteiger partial charge in [-0.1, -0.05) is 0 Å². The first-order valence-corrected chi connectivity index (χ1v) is 5.30. The molecule has 0 radical (unpaired) electrons. The highest BCUT2D eigenvalue weighted by atomic mass is 16.4. The summed E-state index contributed by atoms with van der Waals surface area (Å²) in [6, 6.07) is -1.63. The topological polar surface area (TPSA) is 113 Å². The Labute approximate surface area is 100.0 Å². The molecule has 4 N–H and O–H groups in total. The van der Waals surface area contributed by atoms with Crippen molar-refractivity contribution in [1.82, 2.24) is 10.2 Å². The Kier molecular flexibility index (Phi) is 6.01. The van der Waals surface area contributed by atoms with Crippen LogP contribution in [0.1, 0.15) is 26.7 Å². The minimum atomic E-state index is -1.18. The van der Waals surface area contributed by atoms with Gasteiger partial charge in [-0.2, -0.15) is 0 Å². The van der Waals surface area contributed by atoms with E-state index in [-0.39, 0.29) is 18.9 Å². The highest BCUT2D eigenvalue weighted by Crippen LogP contribution is 2.00. The fourth-order valence-electron chi connectivity index (χ4n) is 1.03. The number of amides is 3. The van der Waals surface area contributed by atoms with Crippen molar-refractivity contribution in [2.75, 3.05) is 7.05 Å². The molecule has 0 aliphatic rings. The maximum atomic E-state index is 11.6. The van der Waals surface area contributed by atoms with E-state index in [9.17, 15) is 14.4 Å². The summed E-state index contributed by atoms with van der Waals surface area (Å²) in [5.74, 6) is -1.78. The number of nitrogens with zero attached hydrogens (tertiary/aromatic N) is 1. The van der Waals surface area contributed by atoms with E-state index in [1.807, 2.05) is 0 Å². The monoisotopic (exact) mass is 245 g/mol. The first-order chi connectivity index (χ1) is 7.75. The number of rotatable bonds is 6. The summed E-state index contributed by atoms with van der Waals surface area (Å²) in [5.41, 5.74) is 4.92. The standard InChI is InChI=1S/C10H19N3O4/c1-6(2)13(3)10(17)12-7(9(15)16)4-5-8(11)14/h6-7H,4-5H2,1-3H3,(H2,11,14)(H,12,17)(H,15,16)/t7-/m0/s1. The fourth-order valence-corrected chi connectivity index (χ4v) is 1.03. The fraction of sp³-hybridized carbons (Fsp3) is 0.700. The molecular formula is C10H19N3O4. The summed E-state index contributed by atoms with van der Waals surface area (Å²) in [5, 5.41) is 11.2. The first kappa shape index (κ1) is 15.2. The highest BCUT2D eigenvalue weighted by molar-refractivity contribution is 5.83. The van der Waals surface area contributed by atoms with Crippen LogP contribution in [0.4, 0.5) is 4.79 Å². The van der Waals surface area contributed by atoms with Crippen molar-refractivity contribution in [3.63, 3.8) is 0 Å². The molecule has 7 heteroatoms. The molecule has 0 fully saturated rings. The molecule has 0 saturated heterocycles. The second-order valence-electron chi connectivity index (χ2n) is 4.05. The lowest BCUT2D eigenvalue weighted by molar-refractivity contribution is -0.139. The van der Waals surface area contributed by atoms with Crippen molar-refractivity contribution >= 4 is 17.9 Å². The molecule has 0 aromatic heterocycles. The molecule has 0 aromatic carbocycles. The molecule has 0 aliphatic heterocycles. The molecule has 0 rings (SSSR count). The molecule has 0 spiro atoms. The molecule has 17 heavy (non-hydrogen) atoms. The predicted octanol–water partition coefficient (Wildman–Crippen LogP) is -0.245. The van der Waals surface area contributed by atoms with E-state index in [2.05, 4.69) is 5.32 Å². The Bertz CT molecular complexity index is 304. The number of hydrogen-bond donors (Lipinski definition) is 3. The van der Waals surface area contributed by atoms with Gasteiger partial charge in [0.2, 0.25) is 5.91 Å². The van der Waals surface area contributed by atoms with Gasteiger partial charge in [-0.3, -0.25) is 4.79 Å². The van der Waals surface area contributed by atoms with Crippen LogP contribution in [-0.2, 0) is 9.59 Å². The van der Waals surface area contributed by atoms with Gasteiger partial charge in [-0.15, -0.1) is 0 Å². The van der Waals surface area contributed by atoms with E-state index in [0.717, 1.165) is 0 Å². The van der Waals surface area contributed by atoms with Crippen LogP contribution in [0.15, 0.2) is 0 Å². The minimum absolute atomic E-state index is 0.0116. The van der Waals surface area contributed by atoms with Gasteiger partial charge in [0.05, 0.1) is 0 Å². The number of nitrogens with two attached hydrogens (primary N) is 1. The quantitative estimate of drug-likeness (QED) is 0.599. The number of carboxylic acid groups (broad SMARTS) is 1. The smallest absolute Gasteiger partial charge is 0.326 e. The largest absolute Gasteiger partial charge is 0.480 e. The number of primary amides is 1. The third-order valence-corrected chi connectivity index (χ3v) is 2.37. The van der Waals surface area contributed by atoms with Gasteiger partial charge in [0, 0.05) is 19.5 Å². The van der Waals surface area contributed by atoms with E-state index in [1.165, 1.54) is 4.90 Å². The molecular weight excluding hydrogens is 226 g/mol.